The Kier molecular flexibility index (Phi) is 3.82. The maximum absolute atomic E-state index is 13.0. The Morgan fingerprint density at radius 2 is 1.44 bits per heavy atom. The Morgan fingerprint density at radius 3 is 2.00 bits per heavy atom. The van der Waals surface area contributed by atoms with Gasteiger partial charge in [-0.15, -0.1) is 0 Å². The molecule has 0 aliphatic carbocycles. The molecule has 0 aromatic heterocycles. The Labute approximate surface area is 118 Å². The lowest BCUT2D eigenvalue weighted by Crippen LogP contribution is -1.85. The summed E-state index contributed by atoms with van der Waals surface area (Å²) in [5.74, 6) is -0.251. The standard InChI is InChI=1S/C12H6Br3F/c13-9-2-1-3-10(14)12(9)8-5-4-7(16)6-11(8)15/h1-6H. The van der Waals surface area contributed by atoms with Crippen LogP contribution >= 0.6 is 47.8 Å². The van der Waals surface area contributed by atoms with Gasteiger partial charge in [-0.1, -0.05) is 59.9 Å². The first-order valence-electron chi connectivity index (χ1n) is 4.49. The maximum Gasteiger partial charge on any atom is 0.124 e. The molecule has 4 heteroatoms. The summed E-state index contributed by atoms with van der Waals surface area (Å²) in [5, 5.41) is 0. The molecule has 0 heterocycles. The quantitative estimate of drug-likeness (QED) is 0.561. The molecule has 0 unspecified atom stereocenters. The van der Waals surface area contributed by atoms with Crippen LogP contribution in [0.1, 0.15) is 0 Å². The van der Waals surface area contributed by atoms with E-state index in [0.717, 1.165) is 24.5 Å². The summed E-state index contributed by atoms with van der Waals surface area (Å²) in [6, 6.07) is 10.5. The summed E-state index contributed by atoms with van der Waals surface area (Å²) in [4.78, 5) is 0. The van der Waals surface area contributed by atoms with Gasteiger partial charge in [-0.25, -0.2) is 4.39 Å². The van der Waals surface area contributed by atoms with Gasteiger partial charge in [0.15, 0.2) is 0 Å². The highest BCUT2D eigenvalue weighted by Crippen LogP contribution is 2.38. The van der Waals surface area contributed by atoms with E-state index in [1.807, 2.05) is 18.2 Å². The van der Waals surface area contributed by atoms with Crippen molar-refractivity contribution in [2.45, 2.75) is 0 Å². The molecule has 2 aromatic rings. The highest BCUT2D eigenvalue weighted by Gasteiger charge is 2.11. The molecular formula is C12H6Br3F. The van der Waals surface area contributed by atoms with Crippen molar-refractivity contribution in [3.05, 3.63) is 55.6 Å². The molecule has 0 nitrogen and oxygen atoms in total. The van der Waals surface area contributed by atoms with Gasteiger partial charge in [0.2, 0.25) is 0 Å². The van der Waals surface area contributed by atoms with E-state index in [2.05, 4.69) is 47.8 Å². The van der Waals surface area contributed by atoms with E-state index in [9.17, 15) is 4.39 Å². The second kappa shape index (κ2) is 4.98. The Morgan fingerprint density at radius 1 is 0.812 bits per heavy atom. The Bertz CT molecular complexity index is 518. The van der Waals surface area contributed by atoms with Gasteiger partial charge in [0.05, 0.1) is 0 Å². The van der Waals surface area contributed by atoms with Gasteiger partial charge in [0, 0.05) is 19.0 Å². The number of hydrogen-bond acceptors (Lipinski definition) is 0. The molecule has 2 rings (SSSR count). The minimum absolute atomic E-state index is 0.251. The minimum atomic E-state index is -0.251. The van der Waals surface area contributed by atoms with Crippen LogP contribution in [0.4, 0.5) is 4.39 Å². The average Bonchev–Trinajstić information content (AvgIpc) is 2.20. The van der Waals surface area contributed by atoms with Crippen molar-refractivity contribution in [2.75, 3.05) is 0 Å². The summed E-state index contributed by atoms with van der Waals surface area (Å²) in [5.41, 5.74) is 1.95. The zero-order chi connectivity index (χ0) is 11.7. The van der Waals surface area contributed by atoms with Crippen molar-refractivity contribution < 1.29 is 4.39 Å². The maximum atomic E-state index is 13.0. The first-order valence-corrected chi connectivity index (χ1v) is 6.87. The lowest BCUT2D eigenvalue weighted by molar-refractivity contribution is 0.627. The normalized spacial score (nSPS) is 10.5. The van der Waals surface area contributed by atoms with E-state index in [0.29, 0.717) is 0 Å². The van der Waals surface area contributed by atoms with Crippen molar-refractivity contribution in [3.8, 4) is 11.1 Å². The highest BCUT2D eigenvalue weighted by atomic mass is 79.9. The van der Waals surface area contributed by atoms with Crippen LogP contribution in [0.3, 0.4) is 0 Å². The van der Waals surface area contributed by atoms with Crippen molar-refractivity contribution >= 4 is 47.8 Å². The molecule has 0 saturated carbocycles. The van der Waals surface area contributed by atoms with Gasteiger partial charge in [-0.05, 0) is 29.8 Å². The Balaban J connectivity index is 2.68. The minimum Gasteiger partial charge on any atom is -0.207 e. The predicted octanol–water partition coefficient (Wildman–Crippen LogP) is 5.78. The molecule has 16 heavy (non-hydrogen) atoms. The lowest BCUT2D eigenvalue weighted by atomic mass is 10.1. The topological polar surface area (TPSA) is 0 Å². The number of rotatable bonds is 1. The molecule has 0 radical (unpaired) electrons. The molecule has 0 atom stereocenters. The van der Waals surface area contributed by atoms with Gasteiger partial charge in [-0.3, -0.25) is 0 Å². The highest BCUT2D eigenvalue weighted by molar-refractivity contribution is 9.11. The first kappa shape index (κ1) is 12.3. The Hall–Kier alpha value is -0.190. The average molecular weight is 409 g/mol. The summed E-state index contributed by atoms with van der Waals surface area (Å²) in [6.07, 6.45) is 0. The molecule has 0 N–H and O–H groups in total. The van der Waals surface area contributed by atoms with Crippen LogP contribution in [0.25, 0.3) is 11.1 Å². The van der Waals surface area contributed by atoms with Gasteiger partial charge < -0.3 is 0 Å². The number of hydrogen-bond donors (Lipinski definition) is 0. The molecule has 0 amide bonds. The van der Waals surface area contributed by atoms with Crippen molar-refractivity contribution in [2.24, 2.45) is 0 Å². The smallest absolute Gasteiger partial charge is 0.124 e. The zero-order valence-corrected chi connectivity index (χ0v) is 12.7. The molecule has 0 aliphatic rings. The number of benzene rings is 2. The molecule has 0 aliphatic heterocycles. The van der Waals surface area contributed by atoms with E-state index in [4.69, 9.17) is 0 Å². The molecule has 0 bridgehead atoms. The van der Waals surface area contributed by atoms with Crippen LogP contribution < -0.4 is 0 Å². The van der Waals surface area contributed by atoms with Crippen LogP contribution in [-0.4, -0.2) is 0 Å². The van der Waals surface area contributed by atoms with E-state index in [1.165, 1.54) is 12.1 Å². The van der Waals surface area contributed by atoms with Gasteiger partial charge in [0.25, 0.3) is 0 Å². The predicted molar refractivity (Wildman–Crippen MR) is 74.9 cm³/mol. The van der Waals surface area contributed by atoms with Gasteiger partial charge in [0.1, 0.15) is 5.82 Å². The molecular weight excluding hydrogens is 403 g/mol. The third kappa shape index (κ3) is 2.39. The molecule has 0 spiro atoms. The fourth-order valence-corrected chi connectivity index (χ4v) is 3.42. The van der Waals surface area contributed by atoms with Crippen LogP contribution in [0.15, 0.2) is 49.8 Å². The van der Waals surface area contributed by atoms with E-state index < -0.39 is 0 Å². The van der Waals surface area contributed by atoms with Crippen molar-refractivity contribution in [1.82, 2.24) is 0 Å². The van der Waals surface area contributed by atoms with E-state index in [-0.39, 0.29) is 5.82 Å². The first-order chi connectivity index (χ1) is 7.59. The van der Waals surface area contributed by atoms with Crippen LogP contribution in [0.2, 0.25) is 0 Å². The lowest BCUT2D eigenvalue weighted by Gasteiger charge is -2.09. The summed E-state index contributed by atoms with van der Waals surface area (Å²) >= 11 is 10.4. The molecule has 2 aromatic carbocycles. The SMILES string of the molecule is Fc1ccc(-c2c(Br)cccc2Br)c(Br)c1. The van der Waals surface area contributed by atoms with E-state index in [1.54, 1.807) is 6.07 Å². The van der Waals surface area contributed by atoms with Crippen LogP contribution in [0, 0.1) is 5.82 Å². The fourth-order valence-electron chi connectivity index (χ4n) is 1.45. The second-order valence-corrected chi connectivity index (χ2v) is 5.78. The largest absolute Gasteiger partial charge is 0.207 e. The zero-order valence-electron chi connectivity index (χ0n) is 7.98. The fraction of sp³-hybridized carbons (Fsp3) is 0. The summed E-state index contributed by atoms with van der Waals surface area (Å²) in [6.45, 7) is 0. The van der Waals surface area contributed by atoms with Crippen molar-refractivity contribution in [3.63, 3.8) is 0 Å². The summed E-state index contributed by atoms with van der Waals surface area (Å²) < 4.78 is 15.7. The van der Waals surface area contributed by atoms with Crippen molar-refractivity contribution in [1.29, 1.82) is 0 Å². The number of halogens is 4. The van der Waals surface area contributed by atoms with E-state index >= 15 is 0 Å². The monoisotopic (exact) mass is 406 g/mol. The van der Waals surface area contributed by atoms with Crippen LogP contribution in [0.5, 0.6) is 0 Å². The molecule has 0 saturated heterocycles. The molecule has 0 fully saturated rings. The van der Waals surface area contributed by atoms with Gasteiger partial charge >= 0.3 is 0 Å². The van der Waals surface area contributed by atoms with Crippen LogP contribution in [-0.2, 0) is 0 Å². The third-order valence-electron chi connectivity index (χ3n) is 2.16. The summed E-state index contributed by atoms with van der Waals surface area (Å²) in [7, 11) is 0. The second-order valence-electron chi connectivity index (χ2n) is 3.22. The van der Waals surface area contributed by atoms with Gasteiger partial charge in [-0.2, -0.15) is 0 Å². The third-order valence-corrected chi connectivity index (χ3v) is 4.14. The molecule has 82 valence electrons.